The van der Waals surface area contributed by atoms with Crippen LogP contribution in [-0.4, -0.2) is 11.9 Å². The van der Waals surface area contributed by atoms with Crippen LogP contribution in [0, 0.1) is 5.41 Å². The Morgan fingerprint density at radius 1 is 1.11 bits per heavy atom. The Bertz CT molecular complexity index is 331. The van der Waals surface area contributed by atoms with E-state index in [1.807, 2.05) is 24.3 Å². The van der Waals surface area contributed by atoms with Crippen molar-refractivity contribution < 1.29 is 4.74 Å². The van der Waals surface area contributed by atoms with Gasteiger partial charge in [-0.25, -0.2) is 0 Å². The summed E-state index contributed by atoms with van der Waals surface area (Å²) in [6.07, 6.45) is 4.77. The molecule has 0 aliphatic rings. The Morgan fingerprint density at radius 2 is 1.67 bits per heavy atom. The number of halogens is 2. The van der Waals surface area contributed by atoms with Crippen LogP contribution in [0.15, 0.2) is 24.3 Å². The molecule has 0 aliphatic carbocycles. The van der Waals surface area contributed by atoms with Crippen LogP contribution in [0.25, 0.3) is 0 Å². The summed E-state index contributed by atoms with van der Waals surface area (Å²) >= 11 is 9.52. The Labute approximate surface area is 124 Å². The lowest BCUT2D eigenvalue weighted by molar-refractivity contribution is 0.144. The van der Waals surface area contributed by atoms with Gasteiger partial charge in [0.05, 0.1) is 6.61 Å². The molecule has 1 rings (SSSR count). The highest BCUT2D eigenvalue weighted by molar-refractivity contribution is 9.09. The SMILES string of the molecule is CCCC(CBr)(CCC)COc1ccc(Cl)cc1. The van der Waals surface area contributed by atoms with Crippen molar-refractivity contribution >= 4 is 27.5 Å². The van der Waals surface area contributed by atoms with E-state index in [0.29, 0.717) is 0 Å². The molecule has 0 bridgehead atoms. The summed E-state index contributed by atoms with van der Waals surface area (Å²) in [5, 5.41) is 1.74. The highest BCUT2D eigenvalue weighted by Gasteiger charge is 2.28. The number of benzene rings is 1. The molecule has 0 aliphatic heterocycles. The molecule has 0 heterocycles. The molecule has 0 spiro atoms. The Hall–Kier alpha value is -0.210. The number of hydrogen-bond donors (Lipinski definition) is 0. The van der Waals surface area contributed by atoms with Crippen LogP contribution in [-0.2, 0) is 0 Å². The maximum atomic E-state index is 5.93. The van der Waals surface area contributed by atoms with Crippen molar-refractivity contribution in [1.29, 1.82) is 0 Å². The van der Waals surface area contributed by atoms with E-state index >= 15 is 0 Å². The predicted molar refractivity (Wildman–Crippen MR) is 83.0 cm³/mol. The zero-order chi connectivity index (χ0) is 13.4. The van der Waals surface area contributed by atoms with E-state index in [9.17, 15) is 0 Å². The summed E-state index contributed by atoms with van der Waals surface area (Å²) in [7, 11) is 0. The van der Waals surface area contributed by atoms with Gasteiger partial charge in [0.1, 0.15) is 5.75 Å². The molecule has 18 heavy (non-hydrogen) atoms. The maximum Gasteiger partial charge on any atom is 0.119 e. The van der Waals surface area contributed by atoms with Crippen LogP contribution >= 0.6 is 27.5 Å². The van der Waals surface area contributed by atoms with E-state index in [1.165, 1.54) is 25.7 Å². The van der Waals surface area contributed by atoms with Crippen LogP contribution in [0.2, 0.25) is 5.02 Å². The summed E-state index contributed by atoms with van der Waals surface area (Å²) in [6.45, 7) is 5.23. The average molecular weight is 334 g/mol. The summed E-state index contributed by atoms with van der Waals surface area (Å²) in [6, 6.07) is 7.59. The van der Waals surface area contributed by atoms with Gasteiger partial charge in [-0.2, -0.15) is 0 Å². The third kappa shape index (κ3) is 4.81. The zero-order valence-corrected chi connectivity index (χ0v) is 13.6. The van der Waals surface area contributed by atoms with Gasteiger partial charge < -0.3 is 4.74 Å². The summed E-state index contributed by atoms with van der Waals surface area (Å²) in [5.74, 6) is 0.900. The van der Waals surface area contributed by atoms with Crippen LogP contribution in [0.3, 0.4) is 0 Å². The van der Waals surface area contributed by atoms with Crippen molar-refractivity contribution in [2.75, 3.05) is 11.9 Å². The second-order valence-electron chi connectivity index (χ2n) is 4.88. The van der Waals surface area contributed by atoms with Crippen molar-refractivity contribution in [3.05, 3.63) is 29.3 Å². The van der Waals surface area contributed by atoms with Gasteiger partial charge in [-0.1, -0.05) is 54.2 Å². The van der Waals surface area contributed by atoms with E-state index < -0.39 is 0 Å². The highest BCUT2D eigenvalue weighted by Crippen LogP contribution is 2.33. The molecule has 0 N–H and O–H groups in total. The molecule has 0 aromatic heterocycles. The first-order chi connectivity index (χ1) is 8.65. The van der Waals surface area contributed by atoms with E-state index in [1.54, 1.807) is 0 Å². The lowest BCUT2D eigenvalue weighted by Gasteiger charge is -2.31. The fourth-order valence-electron chi connectivity index (χ4n) is 2.27. The third-order valence-corrected chi connectivity index (χ3v) is 4.64. The third-order valence-electron chi connectivity index (χ3n) is 3.20. The fourth-order valence-corrected chi connectivity index (χ4v) is 3.12. The number of hydrogen-bond acceptors (Lipinski definition) is 1. The van der Waals surface area contributed by atoms with Gasteiger partial charge in [-0.15, -0.1) is 0 Å². The topological polar surface area (TPSA) is 9.23 Å². The molecule has 0 radical (unpaired) electrons. The van der Waals surface area contributed by atoms with Gasteiger partial charge in [0.15, 0.2) is 0 Å². The fraction of sp³-hybridized carbons (Fsp3) is 0.600. The summed E-state index contributed by atoms with van der Waals surface area (Å²) in [4.78, 5) is 0. The minimum Gasteiger partial charge on any atom is -0.493 e. The molecule has 1 aromatic carbocycles. The number of rotatable bonds is 8. The molecule has 0 fully saturated rings. The van der Waals surface area contributed by atoms with E-state index in [2.05, 4.69) is 29.8 Å². The molecular formula is C15H22BrClO. The zero-order valence-electron chi connectivity index (χ0n) is 11.2. The average Bonchev–Trinajstić information content (AvgIpc) is 2.38. The van der Waals surface area contributed by atoms with Crippen molar-refractivity contribution in [2.24, 2.45) is 5.41 Å². The highest BCUT2D eigenvalue weighted by atomic mass is 79.9. The van der Waals surface area contributed by atoms with Crippen molar-refractivity contribution in [1.82, 2.24) is 0 Å². The van der Waals surface area contributed by atoms with E-state index in [0.717, 1.165) is 22.7 Å². The van der Waals surface area contributed by atoms with Crippen LogP contribution in [0.4, 0.5) is 0 Å². The van der Waals surface area contributed by atoms with Gasteiger partial charge >= 0.3 is 0 Å². The molecule has 0 unspecified atom stereocenters. The van der Waals surface area contributed by atoms with Gasteiger partial charge in [-0.05, 0) is 37.1 Å². The molecule has 1 nitrogen and oxygen atoms in total. The summed E-state index contributed by atoms with van der Waals surface area (Å²) in [5.41, 5.74) is 0.253. The maximum absolute atomic E-state index is 5.93. The van der Waals surface area contributed by atoms with Gasteiger partial charge in [0.2, 0.25) is 0 Å². The lowest BCUT2D eigenvalue weighted by Crippen LogP contribution is -2.30. The van der Waals surface area contributed by atoms with Crippen LogP contribution < -0.4 is 4.74 Å². The molecule has 1 aromatic rings. The monoisotopic (exact) mass is 332 g/mol. The quantitative estimate of drug-likeness (QED) is 0.554. The standard InChI is InChI=1S/C15H22BrClO/c1-3-9-15(11-16,10-4-2)12-18-14-7-5-13(17)6-8-14/h5-8H,3-4,9-12H2,1-2H3. The van der Waals surface area contributed by atoms with Crippen molar-refractivity contribution in [3.63, 3.8) is 0 Å². The molecule has 0 saturated carbocycles. The normalized spacial score (nSPS) is 11.6. The van der Waals surface area contributed by atoms with Crippen molar-refractivity contribution in [3.8, 4) is 5.75 Å². The van der Waals surface area contributed by atoms with E-state index in [-0.39, 0.29) is 5.41 Å². The van der Waals surface area contributed by atoms with Gasteiger partial charge in [0.25, 0.3) is 0 Å². The Balaban J connectivity index is 2.63. The lowest BCUT2D eigenvalue weighted by atomic mass is 9.82. The molecule has 0 saturated heterocycles. The van der Waals surface area contributed by atoms with E-state index in [4.69, 9.17) is 16.3 Å². The van der Waals surface area contributed by atoms with Crippen LogP contribution in [0.5, 0.6) is 5.75 Å². The first-order valence-electron chi connectivity index (χ1n) is 6.60. The van der Waals surface area contributed by atoms with Gasteiger partial charge in [-0.3, -0.25) is 0 Å². The Kier molecular flexibility index (Phi) is 7.10. The molecular weight excluding hydrogens is 312 g/mol. The minimum absolute atomic E-state index is 0.253. The second-order valence-corrected chi connectivity index (χ2v) is 5.87. The molecule has 3 heteroatoms. The number of alkyl halides is 1. The Morgan fingerprint density at radius 3 is 2.11 bits per heavy atom. The number of ether oxygens (including phenoxy) is 1. The molecule has 0 amide bonds. The predicted octanol–water partition coefficient (Wildman–Crippen LogP) is 5.70. The minimum atomic E-state index is 0.253. The summed E-state index contributed by atoms with van der Waals surface area (Å²) < 4.78 is 5.93. The van der Waals surface area contributed by atoms with Crippen LogP contribution in [0.1, 0.15) is 39.5 Å². The first kappa shape index (κ1) is 15.8. The largest absolute Gasteiger partial charge is 0.493 e. The first-order valence-corrected chi connectivity index (χ1v) is 8.10. The van der Waals surface area contributed by atoms with Gasteiger partial charge in [0, 0.05) is 15.8 Å². The molecule has 0 atom stereocenters. The second kappa shape index (κ2) is 8.06. The van der Waals surface area contributed by atoms with Crippen molar-refractivity contribution in [2.45, 2.75) is 39.5 Å². The molecule has 102 valence electrons. The smallest absolute Gasteiger partial charge is 0.119 e.